The van der Waals surface area contributed by atoms with E-state index in [-0.39, 0.29) is 0 Å². The topological polar surface area (TPSA) is 15.3 Å². The van der Waals surface area contributed by atoms with Crippen molar-refractivity contribution >= 4 is 23.4 Å². The van der Waals surface area contributed by atoms with Gasteiger partial charge in [-0.15, -0.1) is 0 Å². The molecule has 0 heterocycles. The first kappa shape index (κ1) is 17.8. The Balaban J connectivity index is 2.51. The second-order valence-electron chi connectivity index (χ2n) is 5.26. The van der Waals surface area contributed by atoms with E-state index in [4.69, 9.17) is 11.6 Å². The van der Waals surface area contributed by atoms with Gasteiger partial charge in [-0.2, -0.15) is 11.8 Å². The van der Waals surface area contributed by atoms with Crippen LogP contribution in [-0.2, 0) is 0 Å². The van der Waals surface area contributed by atoms with Gasteiger partial charge in [0.15, 0.2) is 0 Å². The van der Waals surface area contributed by atoms with Crippen LogP contribution >= 0.6 is 23.4 Å². The summed E-state index contributed by atoms with van der Waals surface area (Å²) in [5.74, 6) is 1.23. The van der Waals surface area contributed by atoms with Gasteiger partial charge in [-0.3, -0.25) is 0 Å². The second kappa shape index (κ2) is 9.67. The third kappa shape index (κ3) is 5.65. The van der Waals surface area contributed by atoms with Crippen LogP contribution in [0.2, 0.25) is 5.02 Å². The smallest absolute Gasteiger partial charge is 0.0453 e. The molecule has 0 aliphatic carbocycles. The summed E-state index contributed by atoms with van der Waals surface area (Å²) in [5.41, 5.74) is 1.20. The summed E-state index contributed by atoms with van der Waals surface area (Å²) in [7, 11) is 4.22. The maximum Gasteiger partial charge on any atom is 0.0453 e. The molecule has 0 radical (unpaired) electrons. The van der Waals surface area contributed by atoms with E-state index in [1.807, 2.05) is 30.9 Å². The molecule has 2 nitrogen and oxygen atoms in total. The Morgan fingerprint density at radius 3 is 2.60 bits per heavy atom. The molecule has 0 saturated heterocycles. The molecule has 0 aliphatic heterocycles. The molecule has 1 rings (SSSR count). The minimum atomic E-state index is 0.318. The zero-order valence-corrected chi connectivity index (χ0v) is 14.6. The van der Waals surface area contributed by atoms with Crippen molar-refractivity contribution < 1.29 is 0 Å². The minimum Gasteiger partial charge on any atom is -0.313 e. The molecule has 2 atom stereocenters. The van der Waals surface area contributed by atoms with Crippen LogP contribution in [0.25, 0.3) is 0 Å². The third-order valence-corrected chi connectivity index (χ3v) is 4.88. The number of benzene rings is 1. The Bertz CT molecular complexity index is 386. The molecule has 0 fully saturated rings. The van der Waals surface area contributed by atoms with Gasteiger partial charge in [-0.05, 0) is 64.0 Å². The number of nitrogens with one attached hydrogen (secondary N) is 1. The monoisotopic (exact) mass is 314 g/mol. The van der Waals surface area contributed by atoms with Crippen LogP contribution < -0.4 is 5.32 Å². The second-order valence-corrected chi connectivity index (χ2v) is 6.66. The zero-order valence-electron chi connectivity index (χ0n) is 13.0. The van der Waals surface area contributed by atoms with Crippen LogP contribution in [0.4, 0.5) is 0 Å². The van der Waals surface area contributed by atoms with E-state index in [2.05, 4.69) is 42.6 Å². The van der Waals surface area contributed by atoms with Crippen LogP contribution in [0.5, 0.6) is 0 Å². The molecule has 1 aromatic rings. The Labute approximate surface area is 133 Å². The fourth-order valence-corrected chi connectivity index (χ4v) is 3.12. The molecular weight excluding hydrogens is 288 g/mol. The first-order valence-electron chi connectivity index (χ1n) is 7.21. The van der Waals surface area contributed by atoms with Gasteiger partial charge in [0.05, 0.1) is 0 Å². The molecule has 20 heavy (non-hydrogen) atoms. The van der Waals surface area contributed by atoms with Crippen molar-refractivity contribution in [1.29, 1.82) is 0 Å². The summed E-state index contributed by atoms with van der Waals surface area (Å²) in [5, 5.41) is 4.23. The molecule has 0 aliphatic rings. The predicted molar refractivity (Wildman–Crippen MR) is 93.0 cm³/mol. The SMILES string of the molecule is CNC(CCN(C)C(C)CCSC)c1ccccc1Cl. The molecule has 0 amide bonds. The molecule has 0 saturated carbocycles. The fraction of sp³-hybridized carbons (Fsp3) is 0.625. The summed E-state index contributed by atoms with van der Waals surface area (Å²) < 4.78 is 0. The normalized spacial score (nSPS) is 14.5. The molecule has 2 unspecified atom stereocenters. The van der Waals surface area contributed by atoms with Crippen molar-refractivity contribution in [1.82, 2.24) is 10.2 Å². The molecule has 0 bridgehead atoms. The lowest BCUT2D eigenvalue weighted by atomic mass is 10.0. The van der Waals surface area contributed by atoms with Crippen LogP contribution in [0.3, 0.4) is 0 Å². The maximum atomic E-state index is 6.29. The summed E-state index contributed by atoms with van der Waals surface area (Å²) in [6.07, 6.45) is 4.48. The molecule has 4 heteroatoms. The van der Waals surface area contributed by atoms with E-state index >= 15 is 0 Å². The Hall–Kier alpha value is -0.220. The molecular formula is C16H27ClN2S. The van der Waals surface area contributed by atoms with Gasteiger partial charge >= 0.3 is 0 Å². The number of hydrogen-bond donors (Lipinski definition) is 1. The standard InChI is InChI=1S/C16H27ClN2S/c1-13(10-12-20-4)19(3)11-9-16(18-2)14-7-5-6-8-15(14)17/h5-8,13,16,18H,9-12H2,1-4H3. The fourth-order valence-electron chi connectivity index (χ4n) is 2.27. The number of hydrogen-bond acceptors (Lipinski definition) is 3. The number of nitrogens with zero attached hydrogens (tertiary/aromatic N) is 1. The lowest BCUT2D eigenvalue weighted by Crippen LogP contribution is -2.32. The quantitative estimate of drug-likeness (QED) is 0.740. The number of thioether (sulfide) groups is 1. The number of halogens is 1. The Morgan fingerprint density at radius 1 is 1.30 bits per heavy atom. The molecule has 1 N–H and O–H groups in total. The van der Waals surface area contributed by atoms with Crippen LogP contribution in [0, 0.1) is 0 Å². The van der Waals surface area contributed by atoms with Crippen molar-refractivity contribution in [2.75, 3.05) is 32.6 Å². The molecule has 0 spiro atoms. The van der Waals surface area contributed by atoms with Crippen LogP contribution in [0.1, 0.15) is 31.4 Å². The van der Waals surface area contributed by atoms with E-state index in [0.717, 1.165) is 18.0 Å². The van der Waals surface area contributed by atoms with Gasteiger partial charge in [-0.1, -0.05) is 29.8 Å². The lowest BCUT2D eigenvalue weighted by molar-refractivity contribution is 0.240. The van der Waals surface area contributed by atoms with Gasteiger partial charge in [0.2, 0.25) is 0 Å². The van der Waals surface area contributed by atoms with Crippen molar-refractivity contribution in [3.63, 3.8) is 0 Å². The van der Waals surface area contributed by atoms with Crippen LogP contribution in [0.15, 0.2) is 24.3 Å². The van der Waals surface area contributed by atoms with Gasteiger partial charge in [0.1, 0.15) is 0 Å². The maximum absolute atomic E-state index is 6.29. The average Bonchev–Trinajstić information content (AvgIpc) is 2.46. The van der Waals surface area contributed by atoms with Gasteiger partial charge < -0.3 is 10.2 Å². The van der Waals surface area contributed by atoms with Gasteiger partial charge in [0, 0.05) is 17.1 Å². The molecule has 0 aromatic heterocycles. The minimum absolute atomic E-state index is 0.318. The van der Waals surface area contributed by atoms with E-state index in [0.29, 0.717) is 12.1 Å². The average molecular weight is 315 g/mol. The molecule has 114 valence electrons. The highest BCUT2D eigenvalue weighted by molar-refractivity contribution is 7.98. The highest BCUT2D eigenvalue weighted by Crippen LogP contribution is 2.25. The number of rotatable bonds is 9. The first-order valence-corrected chi connectivity index (χ1v) is 8.98. The third-order valence-electron chi connectivity index (χ3n) is 3.89. The van der Waals surface area contributed by atoms with Crippen molar-refractivity contribution in [2.24, 2.45) is 0 Å². The van der Waals surface area contributed by atoms with Crippen molar-refractivity contribution in [2.45, 2.75) is 31.8 Å². The van der Waals surface area contributed by atoms with Crippen molar-refractivity contribution in [3.8, 4) is 0 Å². The van der Waals surface area contributed by atoms with E-state index in [9.17, 15) is 0 Å². The Morgan fingerprint density at radius 2 is 2.00 bits per heavy atom. The molecule has 1 aromatic carbocycles. The summed E-state index contributed by atoms with van der Waals surface area (Å²) >= 11 is 8.21. The van der Waals surface area contributed by atoms with E-state index in [1.54, 1.807) is 0 Å². The van der Waals surface area contributed by atoms with Crippen molar-refractivity contribution in [3.05, 3.63) is 34.9 Å². The highest BCUT2D eigenvalue weighted by Gasteiger charge is 2.15. The largest absolute Gasteiger partial charge is 0.313 e. The van der Waals surface area contributed by atoms with E-state index < -0.39 is 0 Å². The zero-order chi connectivity index (χ0) is 15.0. The van der Waals surface area contributed by atoms with E-state index in [1.165, 1.54) is 17.7 Å². The lowest BCUT2D eigenvalue weighted by Gasteiger charge is -2.27. The summed E-state index contributed by atoms with van der Waals surface area (Å²) in [6, 6.07) is 9.06. The van der Waals surface area contributed by atoms with Gasteiger partial charge in [-0.25, -0.2) is 0 Å². The summed E-state index contributed by atoms with van der Waals surface area (Å²) in [6.45, 7) is 3.38. The highest BCUT2D eigenvalue weighted by atomic mass is 35.5. The predicted octanol–water partition coefficient (Wildman–Crippen LogP) is 4.06. The van der Waals surface area contributed by atoms with Crippen LogP contribution in [-0.4, -0.2) is 43.6 Å². The van der Waals surface area contributed by atoms with Gasteiger partial charge in [0.25, 0.3) is 0 Å². The summed E-state index contributed by atoms with van der Waals surface area (Å²) in [4.78, 5) is 2.44. The Kier molecular flexibility index (Phi) is 8.62. The first-order chi connectivity index (χ1) is 9.60.